The quantitative estimate of drug-likeness (QED) is 0.752. The summed E-state index contributed by atoms with van der Waals surface area (Å²) in [6.07, 6.45) is -0.558. The molecule has 4 atom stereocenters. The number of benzene rings is 1. The molecule has 0 bridgehead atoms. The fourth-order valence-corrected chi connectivity index (χ4v) is 3.29. The van der Waals surface area contributed by atoms with Crippen LogP contribution in [0.2, 0.25) is 0 Å². The number of aliphatic hydroxyl groups is 1. The molecular weight excluding hydrogens is 230 g/mol. The van der Waals surface area contributed by atoms with Gasteiger partial charge in [-0.15, -0.1) is 0 Å². The molecule has 0 heterocycles. The number of hydrogen-bond donors (Lipinski definition) is 3. The van der Waals surface area contributed by atoms with E-state index in [1.807, 2.05) is 30.3 Å². The SMILES string of the molecule is CCC(O)C1(C(=O)O)C(c2ccccc2)C1(C)N. The van der Waals surface area contributed by atoms with Gasteiger partial charge in [0.2, 0.25) is 0 Å². The Balaban J connectivity index is 2.48. The minimum absolute atomic E-state index is 0.348. The van der Waals surface area contributed by atoms with Gasteiger partial charge in [-0.2, -0.15) is 0 Å². The molecule has 4 N–H and O–H groups in total. The molecule has 0 saturated heterocycles. The summed E-state index contributed by atoms with van der Waals surface area (Å²) in [5, 5.41) is 19.7. The second-order valence-corrected chi connectivity index (χ2v) is 5.22. The summed E-state index contributed by atoms with van der Waals surface area (Å²) in [5.74, 6) is -1.37. The van der Waals surface area contributed by atoms with Crippen molar-refractivity contribution in [2.75, 3.05) is 0 Å². The molecule has 4 unspecified atom stereocenters. The lowest BCUT2D eigenvalue weighted by Gasteiger charge is -2.20. The van der Waals surface area contributed by atoms with Gasteiger partial charge in [0.25, 0.3) is 0 Å². The molecule has 4 heteroatoms. The average molecular weight is 249 g/mol. The number of carbonyl (C=O) groups is 1. The van der Waals surface area contributed by atoms with Gasteiger partial charge in [0.15, 0.2) is 0 Å². The number of nitrogens with two attached hydrogens (primary N) is 1. The molecule has 1 saturated carbocycles. The summed E-state index contributed by atoms with van der Waals surface area (Å²) >= 11 is 0. The van der Waals surface area contributed by atoms with Crippen LogP contribution in [0.5, 0.6) is 0 Å². The van der Waals surface area contributed by atoms with Crippen LogP contribution in [-0.4, -0.2) is 27.8 Å². The van der Waals surface area contributed by atoms with E-state index in [1.54, 1.807) is 13.8 Å². The van der Waals surface area contributed by atoms with Crippen LogP contribution in [-0.2, 0) is 4.79 Å². The van der Waals surface area contributed by atoms with Crippen LogP contribution in [0.3, 0.4) is 0 Å². The van der Waals surface area contributed by atoms with Gasteiger partial charge >= 0.3 is 5.97 Å². The summed E-state index contributed by atoms with van der Waals surface area (Å²) in [4.78, 5) is 11.6. The van der Waals surface area contributed by atoms with Gasteiger partial charge in [0.1, 0.15) is 5.41 Å². The average Bonchev–Trinajstić information content (AvgIpc) is 2.88. The largest absolute Gasteiger partial charge is 0.481 e. The molecule has 98 valence electrons. The lowest BCUT2D eigenvalue weighted by Crippen LogP contribution is -2.41. The summed E-state index contributed by atoms with van der Waals surface area (Å²) in [5.41, 5.74) is 4.83. The number of rotatable bonds is 4. The number of carboxylic acid groups (broad SMARTS) is 1. The summed E-state index contributed by atoms with van der Waals surface area (Å²) in [6.45, 7) is 3.48. The Morgan fingerprint density at radius 3 is 2.44 bits per heavy atom. The van der Waals surface area contributed by atoms with E-state index >= 15 is 0 Å². The molecule has 1 fully saturated rings. The van der Waals surface area contributed by atoms with Crippen LogP contribution in [0.15, 0.2) is 30.3 Å². The Kier molecular flexibility index (Phi) is 2.95. The Morgan fingerprint density at radius 1 is 1.44 bits per heavy atom. The van der Waals surface area contributed by atoms with E-state index in [4.69, 9.17) is 5.73 Å². The fourth-order valence-electron chi connectivity index (χ4n) is 3.29. The van der Waals surface area contributed by atoms with Gasteiger partial charge < -0.3 is 15.9 Å². The Hall–Kier alpha value is -1.39. The molecule has 0 aromatic heterocycles. The van der Waals surface area contributed by atoms with E-state index < -0.39 is 23.0 Å². The second kappa shape index (κ2) is 4.07. The maximum atomic E-state index is 11.6. The third-order valence-electron chi connectivity index (χ3n) is 4.26. The predicted octanol–water partition coefficient (Wildman–Crippen LogP) is 1.34. The van der Waals surface area contributed by atoms with Crippen molar-refractivity contribution in [2.45, 2.75) is 37.8 Å². The van der Waals surface area contributed by atoms with E-state index in [9.17, 15) is 15.0 Å². The minimum Gasteiger partial charge on any atom is -0.481 e. The molecule has 1 aliphatic carbocycles. The highest BCUT2D eigenvalue weighted by molar-refractivity contribution is 5.85. The fraction of sp³-hybridized carbons (Fsp3) is 0.500. The number of aliphatic carboxylic acids is 1. The first kappa shape index (κ1) is 13.1. The van der Waals surface area contributed by atoms with E-state index in [1.165, 1.54) is 0 Å². The normalized spacial score (nSPS) is 36.1. The third-order valence-corrected chi connectivity index (χ3v) is 4.26. The number of aliphatic hydroxyl groups excluding tert-OH is 1. The summed E-state index contributed by atoms with van der Waals surface area (Å²) in [7, 11) is 0. The molecule has 0 radical (unpaired) electrons. The van der Waals surface area contributed by atoms with Crippen molar-refractivity contribution in [2.24, 2.45) is 11.1 Å². The van der Waals surface area contributed by atoms with Crippen LogP contribution in [0.4, 0.5) is 0 Å². The van der Waals surface area contributed by atoms with Gasteiger partial charge in [-0.3, -0.25) is 4.79 Å². The van der Waals surface area contributed by atoms with Gasteiger partial charge in [-0.1, -0.05) is 37.3 Å². The van der Waals surface area contributed by atoms with Crippen LogP contribution in [0.25, 0.3) is 0 Å². The van der Waals surface area contributed by atoms with Gasteiger partial charge in [0.05, 0.1) is 6.10 Å². The minimum atomic E-state index is -1.27. The first-order valence-electron chi connectivity index (χ1n) is 6.16. The van der Waals surface area contributed by atoms with E-state index in [0.717, 1.165) is 5.56 Å². The molecule has 0 amide bonds. The first-order chi connectivity index (χ1) is 8.40. The van der Waals surface area contributed by atoms with Crippen molar-refractivity contribution >= 4 is 5.97 Å². The van der Waals surface area contributed by atoms with E-state index in [2.05, 4.69) is 0 Å². The summed E-state index contributed by atoms with van der Waals surface area (Å²) < 4.78 is 0. The molecule has 18 heavy (non-hydrogen) atoms. The van der Waals surface area contributed by atoms with Crippen molar-refractivity contribution in [1.82, 2.24) is 0 Å². The van der Waals surface area contributed by atoms with Crippen LogP contribution >= 0.6 is 0 Å². The number of carboxylic acids is 1. The van der Waals surface area contributed by atoms with E-state index in [0.29, 0.717) is 6.42 Å². The van der Waals surface area contributed by atoms with Crippen molar-refractivity contribution in [3.63, 3.8) is 0 Å². The van der Waals surface area contributed by atoms with Crippen molar-refractivity contribution in [3.8, 4) is 0 Å². The Bertz CT molecular complexity index is 457. The van der Waals surface area contributed by atoms with Gasteiger partial charge in [0, 0.05) is 11.5 Å². The molecular formula is C14H19NO3. The van der Waals surface area contributed by atoms with Crippen molar-refractivity contribution in [3.05, 3.63) is 35.9 Å². The lowest BCUT2D eigenvalue weighted by atomic mass is 9.89. The first-order valence-corrected chi connectivity index (χ1v) is 6.16. The van der Waals surface area contributed by atoms with Crippen molar-refractivity contribution < 1.29 is 15.0 Å². The zero-order valence-electron chi connectivity index (χ0n) is 10.6. The maximum absolute atomic E-state index is 11.6. The predicted molar refractivity (Wildman–Crippen MR) is 68.1 cm³/mol. The van der Waals surface area contributed by atoms with Crippen LogP contribution in [0.1, 0.15) is 31.7 Å². The second-order valence-electron chi connectivity index (χ2n) is 5.22. The third kappa shape index (κ3) is 1.42. The van der Waals surface area contributed by atoms with Gasteiger partial charge in [-0.25, -0.2) is 0 Å². The smallest absolute Gasteiger partial charge is 0.314 e. The molecule has 1 aromatic rings. The van der Waals surface area contributed by atoms with Crippen LogP contribution < -0.4 is 5.73 Å². The maximum Gasteiger partial charge on any atom is 0.314 e. The zero-order chi connectivity index (χ0) is 13.6. The lowest BCUT2D eigenvalue weighted by molar-refractivity contribution is -0.149. The monoisotopic (exact) mass is 249 g/mol. The van der Waals surface area contributed by atoms with Crippen molar-refractivity contribution in [1.29, 1.82) is 0 Å². The molecule has 2 rings (SSSR count). The standard InChI is InChI=1S/C14H19NO3/c1-3-10(16)14(12(17)18)11(13(14,2)15)9-7-5-4-6-8-9/h4-8,10-11,16H,3,15H2,1-2H3,(H,17,18). The Labute approximate surface area is 106 Å². The topological polar surface area (TPSA) is 83.5 Å². The molecule has 0 spiro atoms. The molecule has 4 nitrogen and oxygen atoms in total. The molecule has 1 aliphatic rings. The highest BCUT2D eigenvalue weighted by Gasteiger charge is 2.79. The highest BCUT2D eigenvalue weighted by atomic mass is 16.4. The Morgan fingerprint density at radius 2 is 2.00 bits per heavy atom. The van der Waals surface area contributed by atoms with Gasteiger partial charge in [-0.05, 0) is 18.9 Å². The highest BCUT2D eigenvalue weighted by Crippen LogP contribution is 2.68. The zero-order valence-corrected chi connectivity index (χ0v) is 10.6. The molecule has 0 aliphatic heterocycles. The van der Waals surface area contributed by atoms with Crippen LogP contribution in [0, 0.1) is 5.41 Å². The summed E-state index contributed by atoms with van der Waals surface area (Å²) in [6, 6.07) is 9.31. The van der Waals surface area contributed by atoms with E-state index in [-0.39, 0.29) is 5.92 Å². The number of hydrogen-bond acceptors (Lipinski definition) is 3. The molecule has 1 aromatic carbocycles.